The molecule has 2 heterocycles. The van der Waals surface area contributed by atoms with Gasteiger partial charge in [-0.3, -0.25) is 4.79 Å². The van der Waals surface area contributed by atoms with E-state index in [0.29, 0.717) is 19.0 Å². The van der Waals surface area contributed by atoms with Crippen LogP contribution in [-0.2, 0) is 34.3 Å². The number of rotatable bonds is 6. The van der Waals surface area contributed by atoms with Gasteiger partial charge in [0.05, 0.1) is 18.5 Å². The smallest absolute Gasteiger partial charge is 0.224 e. The van der Waals surface area contributed by atoms with Gasteiger partial charge in [0.2, 0.25) is 15.9 Å². The molecule has 1 aromatic heterocycles. The van der Waals surface area contributed by atoms with Gasteiger partial charge < -0.3 is 4.90 Å². The van der Waals surface area contributed by atoms with Crippen molar-refractivity contribution in [3.05, 3.63) is 23.3 Å². The lowest BCUT2D eigenvalue weighted by molar-refractivity contribution is -0.131. The van der Waals surface area contributed by atoms with Crippen LogP contribution in [0.2, 0.25) is 0 Å². The van der Waals surface area contributed by atoms with Gasteiger partial charge in [0.25, 0.3) is 0 Å². The Morgan fingerprint density at radius 3 is 2.77 bits per heavy atom. The topological polar surface area (TPSA) is 92.3 Å². The van der Waals surface area contributed by atoms with Crippen LogP contribution in [0.3, 0.4) is 0 Å². The van der Waals surface area contributed by atoms with Gasteiger partial charge in [-0.15, -0.1) is 0 Å². The number of carbonyl (C=O) groups excluding carboxylic acids is 1. The molecule has 1 aliphatic heterocycles. The van der Waals surface area contributed by atoms with Crippen molar-refractivity contribution in [3.63, 3.8) is 0 Å². The van der Waals surface area contributed by atoms with Gasteiger partial charge in [-0.2, -0.15) is 0 Å². The monoisotopic (exact) mass is 326 g/mol. The van der Waals surface area contributed by atoms with E-state index in [4.69, 9.17) is 0 Å². The molecule has 122 valence electrons. The fourth-order valence-electron chi connectivity index (χ4n) is 2.34. The molecule has 22 heavy (non-hydrogen) atoms. The van der Waals surface area contributed by atoms with Crippen LogP contribution < -0.4 is 4.72 Å². The second-order valence-corrected chi connectivity index (χ2v) is 7.86. The van der Waals surface area contributed by atoms with E-state index in [1.165, 1.54) is 0 Å². The highest BCUT2D eigenvalue weighted by atomic mass is 32.2. The van der Waals surface area contributed by atoms with Crippen LogP contribution in [0.4, 0.5) is 0 Å². The van der Waals surface area contributed by atoms with E-state index in [-0.39, 0.29) is 18.9 Å². The summed E-state index contributed by atoms with van der Waals surface area (Å²) in [6, 6.07) is 0. The summed E-state index contributed by atoms with van der Waals surface area (Å²) >= 11 is 0. The Morgan fingerprint density at radius 1 is 1.41 bits per heavy atom. The van der Waals surface area contributed by atoms with Gasteiger partial charge in [0, 0.05) is 37.7 Å². The molecule has 1 aliphatic rings. The number of carbonyl (C=O) groups is 1. The summed E-state index contributed by atoms with van der Waals surface area (Å²) in [6.07, 6.45) is 3.84. The third kappa shape index (κ3) is 4.74. The van der Waals surface area contributed by atoms with Crippen LogP contribution in [0, 0.1) is 5.92 Å². The van der Waals surface area contributed by atoms with Crippen LogP contribution >= 0.6 is 0 Å². The van der Waals surface area contributed by atoms with E-state index in [1.807, 2.05) is 0 Å². The quantitative estimate of drug-likeness (QED) is 0.820. The molecule has 1 aromatic rings. The van der Waals surface area contributed by atoms with E-state index >= 15 is 0 Å². The van der Waals surface area contributed by atoms with Gasteiger partial charge in [-0.25, -0.2) is 23.1 Å². The van der Waals surface area contributed by atoms with Gasteiger partial charge in [-0.1, -0.05) is 13.8 Å². The Bertz CT molecular complexity index is 658. The molecule has 0 atom stereocenters. The molecule has 0 aliphatic carbocycles. The first-order valence-electron chi connectivity index (χ1n) is 7.30. The molecule has 0 saturated carbocycles. The first-order chi connectivity index (χ1) is 10.2. The summed E-state index contributed by atoms with van der Waals surface area (Å²) in [6.45, 7) is 5.31. The Labute approximate surface area is 131 Å². The van der Waals surface area contributed by atoms with Crippen LogP contribution in [0.25, 0.3) is 0 Å². The van der Waals surface area contributed by atoms with E-state index in [0.717, 1.165) is 29.8 Å². The summed E-state index contributed by atoms with van der Waals surface area (Å²) in [5.41, 5.74) is 1.87. The van der Waals surface area contributed by atoms with Crippen LogP contribution in [0.5, 0.6) is 0 Å². The fraction of sp³-hybridized carbons (Fsp3) is 0.643. The van der Waals surface area contributed by atoms with E-state index in [9.17, 15) is 13.2 Å². The molecule has 0 fully saturated rings. The summed E-state index contributed by atoms with van der Waals surface area (Å²) in [4.78, 5) is 22.7. The molecule has 0 radical (unpaired) electrons. The number of hydrogen-bond donors (Lipinski definition) is 1. The summed E-state index contributed by atoms with van der Waals surface area (Å²) in [5, 5.41) is 0. The predicted octanol–water partition coefficient (Wildman–Crippen LogP) is 0.457. The van der Waals surface area contributed by atoms with E-state index in [1.54, 1.807) is 11.1 Å². The van der Waals surface area contributed by atoms with Crippen molar-refractivity contribution < 1.29 is 13.2 Å². The third-order valence-electron chi connectivity index (χ3n) is 3.35. The zero-order valence-electron chi connectivity index (χ0n) is 13.2. The molecule has 0 bridgehead atoms. The third-order valence-corrected chi connectivity index (χ3v) is 4.08. The number of amides is 1. The molecule has 2 rings (SSSR count). The molecule has 0 unspecified atom stereocenters. The largest absolute Gasteiger partial charge is 0.332 e. The van der Waals surface area contributed by atoms with Gasteiger partial charge in [-0.05, 0) is 5.92 Å². The van der Waals surface area contributed by atoms with Crippen LogP contribution in [0.15, 0.2) is 6.20 Å². The summed E-state index contributed by atoms with van der Waals surface area (Å²) in [7, 11) is -3.26. The highest BCUT2D eigenvalue weighted by molar-refractivity contribution is 7.88. The predicted molar refractivity (Wildman–Crippen MR) is 82.3 cm³/mol. The van der Waals surface area contributed by atoms with E-state index < -0.39 is 10.0 Å². The zero-order valence-corrected chi connectivity index (χ0v) is 14.0. The Kier molecular flexibility index (Phi) is 5.12. The number of nitrogens with one attached hydrogen (secondary N) is 1. The van der Waals surface area contributed by atoms with Crippen LogP contribution in [0.1, 0.15) is 37.4 Å². The Hall–Kier alpha value is -1.54. The molecular weight excluding hydrogens is 304 g/mol. The summed E-state index contributed by atoms with van der Waals surface area (Å²) in [5.74, 6) is 1.21. The van der Waals surface area contributed by atoms with Crippen molar-refractivity contribution in [3.8, 4) is 0 Å². The highest BCUT2D eigenvalue weighted by Crippen LogP contribution is 2.21. The maximum absolute atomic E-state index is 12.1. The molecule has 0 spiro atoms. The number of nitrogens with zero attached hydrogens (tertiary/aromatic N) is 3. The second-order valence-electron chi connectivity index (χ2n) is 6.02. The molecule has 8 heteroatoms. The number of aromatic nitrogens is 2. The second kappa shape index (κ2) is 6.70. The van der Waals surface area contributed by atoms with Crippen molar-refractivity contribution >= 4 is 15.9 Å². The van der Waals surface area contributed by atoms with Gasteiger partial charge in [0.1, 0.15) is 5.82 Å². The fourth-order valence-corrected chi connectivity index (χ4v) is 2.81. The normalized spacial score (nSPS) is 14.5. The average molecular weight is 326 g/mol. The minimum Gasteiger partial charge on any atom is -0.332 e. The summed E-state index contributed by atoms with van der Waals surface area (Å²) < 4.78 is 24.3. The molecule has 7 nitrogen and oxygen atoms in total. The van der Waals surface area contributed by atoms with Crippen molar-refractivity contribution in [1.29, 1.82) is 0 Å². The molecule has 0 saturated heterocycles. The van der Waals surface area contributed by atoms with Gasteiger partial charge in [0.15, 0.2) is 0 Å². The lowest BCUT2D eigenvalue weighted by Gasteiger charge is -2.14. The number of hydrogen-bond acceptors (Lipinski definition) is 5. The Morgan fingerprint density at radius 2 is 2.14 bits per heavy atom. The van der Waals surface area contributed by atoms with Crippen LogP contribution in [-0.4, -0.2) is 42.0 Å². The Balaban J connectivity index is 1.92. The molecule has 0 aromatic carbocycles. The highest BCUT2D eigenvalue weighted by Gasteiger charge is 2.25. The minimum absolute atomic E-state index is 0.0837. The number of fused-ring (bicyclic) bond motifs is 1. The van der Waals surface area contributed by atoms with E-state index in [2.05, 4.69) is 28.5 Å². The van der Waals surface area contributed by atoms with Crippen molar-refractivity contribution in [2.75, 3.05) is 12.8 Å². The first-order valence-corrected chi connectivity index (χ1v) is 9.20. The molecular formula is C14H22N4O3S. The standard InChI is InChI=1S/C14H22N4O3S/c1-10(2)6-13-15-7-11-8-18(9-12(11)17-13)14(19)4-5-16-22(3,20)21/h7,10,16H,4-6,8-9H2,1-3H3. The van der Waals surface area contributed by atoms with Crippen molar-refractivity contribution in [1.82, 2.24) is 19.6 Å². The maximum atomic E-state index is 12.1. The first kappa shape index (κ1) is 16.8. The lowest BCUT2D eigenvalue weighted by Crippen LogP contribution is -2.31. The molecule has 1 amide bonds. The van der Waals surface area contributed by atoms with Gasteiger partial charge >= 0.3 is 0 Å². The zero-order chi connectivity index (χ0) is 16.3. The number of sulfonamides is 1. The SMILES string of the molecule is CC(C)Cc1ncc2c(n1)CN(C(=O)CCNS(C)(=O)=O)C2. The van der Waals surface area contributed by atoms with Crippen molar-refractivity contribution in [2.45, 2.75) is 39.8 Å². The lowest BCUT2D eigenvalue weighted by atomic mass is 10.1. The molecule has 1 N–H and O–H groups in total. The minimum atomic E-state index is -3.26. The van der Waals surface area contributed by atoms with Crippen molar-refractivity contribution in [2.24, 2.45) is 5.92 Å². The average Bonchev–Trinajstić information content (AvgIpc) is 2.79. The maximum Gasteiger partial charge on any atom is 0.224 e.